The number of benzene rings is 1. The van der Waals surface area contributed by atoms with Gasteiger partial charge in [-0.3, -0.25) is 9.59 Å². The molecule has 1 aromatic carbocycles. The molecule has 1 fully saturated rings. The van der Waals surface area contributed by atoms with Gasteiger partial charge in [-0.1, -0.05) is 15.9 Å². The summed E-state index contributed by atoms with van der Waals surface area (Å²) in [6.45, 7) is 0.404. The van der Waals surface area contributed by atoms with Gasteiger partial charge in [-0.2, -0.15) is 0 Å². The zero-order valence-corrected chi connectivity index (χ0v) is 12.1. The van der Waals surface area contributed by atoms with E-state index in [1.54, 1.807) is 7.11 Å². The van der Waals surface area contributed by atoms with Crippen LogP contribution in [0, 0.1) is 0 Å². The van der Waals surface area contributed by atoms with Gasteiger partial charge >= 0.3 is 0 Å². The second-order valence-electron chi connectivity index (χ2n) is 4.38. The van der Waals surface area contributed by atoms with E-state index in [0.29, 0.717) is 19.4 Å². The zero-order chi connectivity index (χ0) is 13.8. The third-order valence-electron chi connectivity index (χ3n) is 2.95. The lowest BCUT2D eigenvalue weighted by molar-refractivity contribution is -0.125. The van der Waals surface area contributed by atoms with Crippen LogP contribution in [0.3, 0.4) is 0 Å². The zero-order valence-electron chi connectivity index (χ0n) is 10.5. The lowest BCUT2D eigenvalue weighted by Gasteiger charge is -2.11. The van der Waals surface area contributed by atoms with E-state index in [9.17, 15) is 9.59 Å². The molecule has 0 saturated carbocycles. The predicted octanol–water partition coefficient (Wildman–Crippen LogP) is 1.35. The van der Waals surface area contributed by atoms with E-state index in [4.69, 9.17) is 4.74 Å². The van der Waals surface area contributed by atoms with Crippen molar-refractivity contribution in [1.29, 1.82) is 0 Å². The van der Waals surface area contributed by atoms with Crippen molar-refractivity contribution >= 4 is 27.7 Å². The van der Waals surface area contributed by atoms with Crippen LogP contribution in [0.25, 0.3) is 0 Å². The van der Waals surface area contributed by atoms with Crippen LogP contribution in [0.2, 0.25) is 0 Å². The molecule has 0 unspecified atom stereocenters. The first-order chi connectivity index (χ1) is 9.08. The van der Waals surface area contributed by atoms with Crippen molar-refractivity contribution in [2.45, 2.75) is 25.4 Å². The van der Waals surface area contributed by atoms with Crippen molar-refractivity contribution in [1.82, 2.24) is 10.6 Å². The van der Waals surface area contributed by atoms with Gasteiger partial charge in [0.2, 0.25) is 11.8 Å². The molecule has 0 aromatic heterocycles. The highest BCUT2D eigenvalue weighted by molar-refractivity contribution is 9.10. The van der Waals surface area contributed by atoms with Gasteiger partial charge in [-0.05, 0) is 30.2 Å². The van der Waals surface area contributed by atoms with Crippen LogP contribution in [-0.2, 0) is 16.1 Å². The van der Waals surface area contributed by atoms with Crippen molar-refractivity contribution in [3.63, 3.8) is 0 Å². The summed E-state index contributed by atoms with van der Waals surface area (Å²) in [5, 5.41) is 5.45. The fourth-order valence-corrected chi connectivity index (χ4v) is 2.48. The van der Waals surface area contributed by atoms with Gasteiger partial charge in [0.15, 0.2) is 0 Å². The largest absolute Gasteiger partial charge is 0.497 e. The number of methoxy groups -OCH3 is 1. The van der Waals surface area contributed by atoms with Gasteiger partial charge in [-0.15, -0.1) is 0 Å². The second kappa shape index (κ2) is 6.06. The van der Waals surface area contributed by atoms with Gasteiger partial charge in [0, 0.05) is 17.4 Å². The van der Waals surface area contributed by atoms with E-state index in [-0.39, 0.29) is 11.8 Å². The Morgan fingerprint density at radius 2 is 2.32 bits per heavy atom. The molecule has 0 bridgehead atoms. The van der Waals surface area contributed by atoms with E-state index < -0.39 is 6.04 Å². The molecular formula is C13H15BrN2O3. The fourth-order valence-electron chi connectivity index (χ4n) is 1.96. The molecule has 2 rings (SSSR count). The Hall–Kier alpha value is -1.56. The van der Waals surface area contributed by atoms with Crippen LogP contribution in [0.4, 0.5) is 0 Å². The quantitative estimate of drug-likeness (QED) is 0.877. The Morgan fingerprint density at radius 1 is 1.53 bits per heavy atom. The summed E-state index contributed by atoms with van der Waals surface area (Å²) in [5.74, 6) is 0.516. The minimum absolute atomic E-state index is 0.0655. The summed E-state index contributed by atoms with van der Waals surface area (Å²) in [4.78, 5) is 22.9. The first kappa shape index (κ1) is 13.9. The third-order valence-corrected chi connectivity index (χ3v) is 3.40. The summed E-state index contributed by atoms with van der Waals surface area (Å²) in [6.07, 6.45) is 0.981. The van der Waals surface area contributed by atoms with Crippen molar-refractivity contribution in [2.24, 2.45) is 0 Å². The fraction of sp³-hybridized carbons (Fsp3) is 0.385. The van der Waals surface area contributed by atoms with E-state index in [1.807, 2.05) is 18.2 Å². The van der Waals surface area contributed by atoms with Gasteiger partial charge in [0.25, 0.3) is 0 Å². The smallest absolute Gasteiger partial charge is 0.242 e. The number of hydrogen-bond acceptors (Lipinski definition) is 3. The number of ether oxygens (including phenoxy) is 1. The topological polar surface area (TPSA) is 67.4 Å². The summed E-state index contributed by atoms with van der Waals surface area (Å²) >= 11 is 3.39. The highest BCUT2D eigenvalue weighted by Crippen LogP contribution is 2.21. The van der Waals surface area contributed by atoms with Crippen LogP contribution in [0.1, 0.15) is 18.4 Å². The number of nitrogens with one attached hydrogen (secondary N) is 2. The van der Waals surface area contributed by atoms with Crippen LogP contribution in [0.15, 0.2) is 22.7 Å². The third kappa shape index (κ3) is 3.70. The normalized spacial score (nSPS) is 18.0. The Kier molecular flexibility index (Phi) is 4.42. The van der Waals surface area contributed by atoms with Crippen molar-refractivity contribution < 1.29 is 14.3 Å². The Labute approximate surface area is 119 Å². The minimum atomic E-state index is -0.401. The van der Waals surface area contributed by atoms with Crippen molar-refractivity contribution in [2.75, 3.05) is 7.11 Å². The number of carbonyl (C=O) groups excluding carboxylic acids is 2. The number of hydrogen-bond donors (Lipinski definition) is 2. The lowest BCUT2D eigenvalue weighted by Crippen LogP contribution is -2.41. The average molecular weight is 327 g/mol. The van der Waals surface area contributed by atoms with Crippen LogP contribution in [0.5, 0.6) is 5.75 Å². The van der Waals surface area contributed by atoms with Crippen molar-refractivity contribution in [3.8, 4) is 5.75 Å². The molecular weight excluding hydrogens is 312 g/mol. The van der Waals surface area contributed by atoms with Gasteiger partial charge < -0.3 is 15.4 Å². The molecule has 6 heteroatoms. The van der Waals surface area contributed by atoms with Gasteiger partial charge in [0.1, 0.15) is 11.8 Å². The maximum absolute atomic E-state index is 11.8. The molecule has 0 radical (unpaired) electrons. The van der Waals surface area contributed by atoms with Crippen molar-refractivity contribution in [3.05, 3.63) is 28.2 Å². The van der Waals surface area contributed by atoms with E-state index in [1.165, 1.54) is 0 Å². The Bertz CT molecular complexity index is 505. The molecule has 19 heavy (non-hydrogen) atoms. The van der Waals surface area contributed by atoms with E-state index in [2.05, 4.69) is 26.6 Å². The highest BCUT2D eigenvalue weighted by Gasteiger charge is 2.26. The second-order valence-corrected chi connectivity index (χ2v) is 5.29. The molecule has 2 amide bonds. The molecule has 102 valence electrons. The summed E-state index contributed by atoms with van der Waals surface area (Å²) in [6, 6.07) is 5.22. The van der Waals surface area contributed by atoms with Gasteiger partial charge in [-0.25, -0.2) is 0 Å². The minimum Gasteiger partial charge on any atom is -0.497 e. The van der Waals surface area contributed by atoms with Crippen LogP contribution >= 0.6 is 15.9 Å². The van der Waals surface area contributed by atoms with Gasteiger partial charge in [0.05, 0.1) is 7.11 Å². The summed E-state index contributed by atoms with van der Waals surface area (Å²) in [7, 11) is 1.60. The average Bonchev–Trinajstić information content (AvgIpc) is 2.82. The highest BCUT2D eigenvalue weighted by atomic mass is 79.9. The monoisotopic (exact) mass is 326 g/mol. The Morgan fingerprint density at radius 3 is 2.95 bits per heavy atom. The maximum Gasteiger partial charge on any atom is 0.242 e. The van der Waals surface area contributed by atoms with Crippen LogP contribution < -0.4 is 15.4 Å². The molecule has 5 nitrogen and oxygen atoms in total. The predicted molar refractivity (Wildman–Crippen MR) is 73.7 cm³/mol. The molecule has 1 aromatic rings. The summed E-state index contributed by atoms with van der Waals surface area (Å²) < 4.78 is 6.05. The van der Waals surface area contributed by atoms with E-state index in [0.717, 1.165) is 15.8 Å². The standard InChI is InChI=1S/C13H15BrN2O3/c1-19-10-5-8(4-9(14)6-10)7-15-13(18)11-2-3-12(17)16-11/h4-6,11H,2-3,7H2,1H3,(H,15,18)(H,16,17)/t11-/m0/s1. The molecule has 0 aliphatic carbocycles. The number of amides is 2. The molecule has 1 atom stereocenters. The number of halogens is 1. The first-order valence-corrected chi connectivity index (χ1v) is 6.78. The van der Waals surface area contributed by atoms with Crippen LogP contribution in [-0.4, -0.2) is 25.0 Å². The Balaban J connectivity index is 1.93. The number of rotatable bonds is 4. The first-order valence-electron chi connectivity index (χ1n) is 5.99. The van der Waals surface area contributed by atoms with E-state index >= 15 is 0 Å². The molecule has 1 aliphatic rings. The molecule has 0 spiro atoms. The SMILES string of the molecule is COc1cc(Br)cc(CNC(=O)[C@@H]2CCC(=O)N2)c1. The molecule has 2 N–H and O–H groups in total. The lowest BCUT2D eigenvalue weighted by atomic mass is 10.2. The molecule has 1 aliphatic heterocycles. The maximum atomic E-state index is 11.8. The summed E-state index contributed by atoms with van der Waals surface area (Å²) in [5.41, 5.74) is 0.934. The molecule has 1 saturated heterocycles. The molecule has 1 heterocycles. The number of carbonyl (C=O) groups is 2.